The minimum Gasteiger partial charge on any atom is -0.486 e. The number of benzene rings is 3. The molecule has 0 saturated heterocycles. The van der Waals surface area contributed by atoms with Gasteiger partial charge in [0.15, 0.2) is 11.2 Å². The van der Waals surface area contributed by atoms with Gasteiger partial charge in [-0.25, -0.2) is 0 Å². The number of carbonyl (C=O) groups is 1. The van der Waals surface area contributed by atoms with Crippen LogP contribution in [0.1, 0.15) is 16.7 Å². The second-order valence-corrected chi connectivity index (χ2v) is 8.69. The summed E-state index contributed by atoms with van der Waals surface area (Å²) in [6.45, 7) is 1.79. The number of nitrogens with two attached hydrogens (primary N) is 1. The molecule has 0 aliphatic heterocycles. The molecule has 34 heavy (non-hydrogen) atoms. The number of rotatable bonds is 7. The Morgan fingerprint density at radius 1 is 1.09 bits per heavy atom. The van der Waals surface area contributed by atoms with Gasteiger partial charge in [-0.2, -0.15) is 0 Å². The van der Waals surface area contributed by atoms with Crippen LogP contribution in [0.4, 0.5) is 0 Å². The summed E-state index contributed by atoms with van der Waals surface area (Å²) in [6.07, 6.45) is 0.0746. The standard InChI is InChI=1S/C26H21Cl2NO5/c1-14-22(30)18-9-5-8-17(24(18)34-23(14)16-6-3-2-4-7-16)13-33-25-19(27)10-15(11-20(25)28)12-21(29)26(31)32/h2-11,21H,12-13,29H2,1H3,(H,31,32). The minimum atomic E-state index is -1.12. The van der Waals surface area contributed by atoms with Crippen molar-refractivity contribution in [1.82, 2.24) is 0 Å². The molecule has 0 spiro atoms. The average Bonchev–Trinajstić information content (AvgIpc) is 2.81. The third-order valence-electron chi connectivity index (χ3n) is 5.47. The molecule has 1 unspecified atom stereocenters. The molecule has 0 saturated carbocycles. The molecule has 3 aromatic carbocycles. The Bertz CT molecular complexity index is 1410. The maximum Gasteiger partial charge on any atom is 0.320 e. The Morgan fingerprint density at radius 3 is 2.41 bits per heavy atom. The van der Waals surface area contributed by atoms with Crippen LogP contribution < -0.4 is 15.9 Å². The molecule has 0 bridgehead atoms. The van der Waals surface area contributed by atoms with Crippen molar-refractivity contribution in [1.29, 1.82) is 0 Å². The van der Waals surface area contributed by atoms with Gasteiger partial charge in [0, 0.05) is 16.7 Å². The molecule has 0 amide bonds. The van der Waals surface area contributed by atoms with Crippen molar-refractivity contribution in [2.45, 2.75) is 26.0 Å². The number of carboxylic acid groups (broad SMARTS) is 1. The number of fused-ring (bicyclic) bond motifs is 1. The van der Waals surface area contributed by atoms with E-state index in [1.807, 2.05) is 30.3 Å². The van der Waals surface area contributed by atoms with Crippen molar-refractivity contribution in [3.05, 3.63) is 97.6 Å². The number of para-hydroxylation sites is 1. The van der Waals surface area contributed by atoms with Crippen molar-refractivity contribution in [2.75, 3.05) is 0 Å². The van der Waals surface area contributed by atoms with Crippen molar-refractivity contribution in [3.63, 3.8) is 0 Å². The van der Waals surface area contributed by atoms with Gasteiger partial charge in [-0.05, 0) is 37.1 Å². The molecule has 4 aromatic rings. The molecule has 0 aliphatic carbocycles. The second kappa shape index (κ2) is 9.89. The van der Waals surface area contributed by atoms with Crippen molar-refractivity contribution >= 4 is 40.1 Å². The van der Waals surface area contributed by atoms with E-state index < -0.39 is 12.0 Å². The number of carboxylic acids is 1. The lowest BCUT2D eigenvalue weighted by Crippen LogP contribution is -2.32. The first-order valence-corrected chi connectivity index (χ1v) is 11.2. The van der Waals surface area contributed by atoms with E-state index in [4.69, 9.17) is 43.2 Å². The summed E-state index contributed by atoms with van der Waals surface area (Å²) in [6, 6.07) is 16.8. The smallest absolute Gasteiger partial charge is 0.320 e. The van der Waals surface area contributed by atoms with Gasteiger partial charge in [0.2, 0.25) is 0 Å². The number of hydrogen-bond donors (Lipinski definition) is 2. The fraction of sp³-hybridized carbons (Fsp3) is 0.154. The molecule has 174 valence electrons. The lowest BCUT2D eigenvalue weighted by atomic mass is 10.0. The summed E-state index contributed by atoms with van der Waals surface area (Å²) in [5, 5.41) is 9.92. The maximum atomic E-state index is 13.0. The van der Waals surface area contributed by atoms with Crippen LogP contribution in [-0.2, 0) is 17.8 Å². The maximum absolute atomic E-state index is 13.0. The van der Waals surface area contributed by atoms with E-state index in [0.717, 1.165) is 5.56 Å². The molecule has 0 aliphatic rings. The number of ether oxygens (including phenoxy) is 1. The highest BCUT2D eigenvalue weighted by Crippen LogP contribution is 2.36. The molecule has 1 aromatic heterocycles. The van der Waals surface area contributed by atoms with Gasteiger partial charge < -0.3 is 20.0 Å². The molecular weight excluding hydrogens is 477 g/mol. The molecule has 8 heteroatoms. The monoisotopic (exact) mass is 497 g/mol. The molecule has 0 fully saturated rings. The fourth-order valence-electron chi connectivity index (χ4n) is 3.71. The van der Waals surface area contributed by atoms with Gasteiger partial charge in [-0.1, -0.05) is 65.7 Å². The molecule has 1 atom stereocenters. The summed E-state index contributed by atoms with van der Waals surface area (Å²) >= 11 is 12.7. The van der Waals surface area contributed by atoms with Gasteiger partial charge in [0.1, 0.15) is 24.0 Å². The van der Waals surface area contributed by atoms with Crippen LogP contribution in [0.15, 0.2) is 69.9 Å². The molecular formula is C26H21Cl2NO5. The number of halogens is 2. The van der Waals surface area contributed by atoms with E-state index in [1.165, 1.54) is 0 Å². The third-order valence-corrected chi connectivity index (χ3v) is 6.03. The zero-order valence-electron chi connectivity index (χ0n) is 18.2. The predicted molar refractivity (Wildman–Crippen MR) is 133 cm³/mol. The summed E-state index contributed by atoms with van der Waals surface area (Å²) < 4.78 is 12.1. The van der Waals surface area contributed by atoms with Gasteiger partial charge in [-0.3, -0.25) is 9.59 Å². The zero-order chi connectivity index (χ0) is 24.4. The van der Waals surface area contributed by atoms with Crippen molar-refractivity contribution < 1.29 is 19.1 Å². The summed E-state index contributed by atoms with van der Waals surface area (Å²) in [7, 11) is 0. The summed E-state index contributed by atoms with van der Waals surface area (Å²) in [4.78, 5) is 24.1. The van der Waals surface area contributed by atoms with Crippen LogP contribution in [0.25, 0.3) is 22.3 Å². The highest BCUT2D eigenvalue weighted by molar-refractivity contribution is 6.37. The van der Waals surface area contributed by atoms with Crippen LogP contribution in [0, 0.1) is 6.92 Å². The van der Waals surface area contributed by atoms with Crippen LogP contribution in [0.3, 0.4) is 0 Å². The minimum absolute atomic E-state index is 0.0466. The largest absolute Gasteiger partial charge is 0.486 e. The van der Waals surface area contributed by atoms with Crippen LogP contribution >= 0.6 is 23.2 Å². The molecule has 1 heterocycles. The Morgan fingerprint density at radius 2 is 1.76 bits per heavy atom. The SMILES string of the molecule is Cc1c(-c2ccccc2)oc2c(COc3c(Cl)cc(CC(N)C(=O)O)cc3Cl)cccc2c1=O. The third kappa shape index (κ3) is 4.80. The van der Waals surface area contributed by atoms with Crippen LogP contribution in [0.2, 0.25) is 10.0 Å². The van der Waals surface area contributed by atoms with Gasteiger partial charge >= 0.3 is 5.97 Å². The van der Waals surface area contributed by atoms with E-state index in [9.17, 15) is 9.59 Å². The number of aliphatic carboxylic acids is 1. The lowest BCUT2D eigenvalue weighted by molar-refractivity contribution is -0.138. The number of hydrogen-bond acceptors (Lipinski definition) is 5. The molecule has 0 radical (unpaired) electrons. The van der Waals surface area contributed by atoms with E-state index in [1.54, 1.807) is 37.3 Å². The van der Waals surface area contributed by atoms with Crippen molar-refractivity contribution in [3.8, 4) is 17.1 Å². The Kier molecular flexibility index (Phi) is 6.93. The fourth-order valence-corrected chi connectivity index (χ4v) is 4.35. The highest BCUT2D eigenvalue weighted by Gasteiger charge is 2.18. The lowest BCUT2D eigenvalue weighted by Gasteiger charge is -2.14. The quantitative estimate of drug-likeness (QED) is 0.344. The first-order chi connectivity index (χ1) is 16.3. The first-order valence-electron chi connectivity index (χ1n) is 10.5. The van der Waals surface area contributed by atoms with E-state index >= 15 is 0 Å². The molecule has 6 nitrogen and oxygen atoms in total. The normalized spacial score (nSPS) is 12.0. The average molecular weight is 498 g/mol. The van der Waals surface area contributed by atoms with E-state index in [0.29, 0.717) is 33.4 Å². The van der Waals surface area contributed by atoms with Gasteiger partial charge in [-0.15, -0.1) is 0 Å². The van der Waals surface area contributed by atoms with E-state index in [-0.39, 0.29) is 34.3 Å². The Labute approximate surface area is 205 Å². The van der Waals surface area contributed by atoms with E-state index in [2.05, 4.69) is 0 Å². The Balaban J connectivity index is 1.68. The summed E-state index contributed by atoms with van der Waals surface area (Å²) in [5.74, 6) is -0.374. The Hall–Kier alpha value is -3.32. The van der Waals surface area contributed by atoms with Gasteiger partial charge in [0.05, 0.1) is 15.4 Å². The van der Waals surface area contributed by atoms with Gasteiger partial charge in [0.25, 0.3) is 0 Å². The highest BCUT2D eigenvalue weighted by atomic mass is 35.5. The topological polar surface area (TPSA) is 103 Å². The van der Waals surface area contributed by atoms with Crippen LogP contribution in [0.5, 0.6) is 5.75 Å². The summed E-state index contributed by atoms with van der Waals surface area (Å²) in [5.41, 5.74) is 8.47. The molecule has 3 N–H and O–H groups in total. The first kappa shape index (κ1) is 23.8. The second-order valence-electron chi connectivity index (χ2n) is 7.87. The zero-order valence-corrected chi connectivity index (χ0v) is 19.7. The predicted octanol–water partition coefficient (Wildman–Crippen LogP) is 5.61. The molecule has 4 rings (SSSR count). The van der Waals surface area contributed by atoms with Crippen LogP contribution in [-0.4, -0.2) is 17.1 Å². The van der Waals surface area contributed by atoms with Crippen molar-refractivity contribution in [2.24, 2.45) is 5.73 Å².